The van der Waals surface area contributed by atoms with Crippen LogP contribution in [0.15, 0.2) is 23.6 Å². The molecule has 82 valence electrons. The monoisotopic (exact) mass is 235 g/mol. The van der Waals surface area contributed by atoms with E-state index in [0.29, 0.717) is 22.0 Å². The van der Waals surface area contributed by atoms with Gasteiger partial charge in [0.15, 0.2) is 5.13 Å². The molecule has 0 amide bonds. The number of rotatable bonds is 2. The van der Waals surface area contributed by atoms with Crippen molar-refractivity contribution in [2.75, 3.05) is 5.73 Å². The van der Waals surface area contributed by atoms with Crippen LogP contribution in [-0.4, -0.2) is 9.91 Å². The average Bonchev–Trinajstić information content (AvgIpc) is 2.65. The fraction of sp³-hybridized carbons (Fsp3) is 0.100. The summed E-state index contributed by atoms with van der Waals surface area (Å²) < 4.78 is 0. The van der Waals surface area contributed by atoms with Crippen molar-refractivity contribution in [1.82, 2.24) is 4.98 Å². The molecule has 2 rings (SSSR count). The molecule has 0 spiro atoms. The fourth-order valence-electron chi connectivity index (χ4n) is 1.39. The summed E-state index contributed by atoms with van der Waals surface area (Å²) in [4.78, 5) is 14.5. The molecule has 0 fully saturated rings. The Morgan fingerprint density at radius 1 is 1.50 bits per heavy atom. The van der Waals surface area contributed by atoms with Gasteiger partial charge in [0.25, 0.3) is 5.69 Å². The highest BCUT2D eigenvalue weighted by molar-refractivity contribution is 7.13. The van der Waals surface area contributed by atoms with Crippen molar-refractivity contribution in [3.8, 4) is 11.3 Å². The maximum atomic E-state index is 10.8. The van der Waals surface area contributed by atoms with E-state index < -0.39 is 4.92 Å². The number of thiazole rings is 1. The molecule has 1 heterocycles. The Morgan fingerprint density at radius 2 is 2.25 bits per heavy atom. The van der Waals surface area contributed by atoms with Gasteiger partial charge in [0.1, 0.15) is 0 Å². The number of nitrogens with zero attached hydrogens (tertiary/aromatic N) is 2. The Balaban J connectivity index is 2.51. The summed E-state index contributed by atoms with van der Waals surface area (Å²) in [6.07, 6.45) is 0. The largest absolute Gasteiger partial charge is 0.375 e. The number of nitro groups is 1. The van der Waals surface area contributed by atoms with Crippen molar-refractivity contribution in [2.45, 2.75) is 6.92 Å². The number of aromatic nitrogens is 1. The molecule has 5 nitrogen and oxygen atoms in total. The smallest absolute Gasteiger partial charge is 0.272 e. The summed E-state index contributed by atoms with van der Waals surface area (Å²) >= 11 is 1.31. The van der Waals surface area contributed by atoms with E-state index in [1.807, 2.05) is 0 Å². The summed E-state index contributed by atoms with van der Waals surface area (Å²) in [5, 5.41) is 13.0. The number of aryl methyl sites for hydroxylation is 1. The molecule has 1 aromatic carbocycles. The molecule has 0 bridgehead atoms. The van der Waals surface area contributed by atoms with Gasteiger partial charge in [-0.25, -0.2) is 4.98 Å². The second-order valence-electron chi connectivity index (χ2n) is 3.33. The SMILES string of the molecule is Cc1ccc(-c2csc(N)n2)cc1[N+](=O)[O-]. The van der Waals surface area contributed by atoms with Gasteiger partial charge in [-0.2, -0.15) is 0 Å². The first-order valence-electron chi connectivity index (χ1n) is 4.54. The average molecular weight is 235 g/mol. The van der Waals surface area contributed by atoms with Gasteiger partial charge in [0.2, 0.25) is 0 Å². The number of nitro benzene ring substituents is 1. The van der Waals surface area contributed by atoms with E-state index in [9.17, 15) is 10.1 Å². The van der Waals surface area contributed by atoms with Crippen LogP contribution in [0.4, 0.5) is 10.8 Å². The number of nitrogen functional groups attached to an aromatic ring is 1. The molecule has 2 aromatic rings. The molecule has 2 N–H and O–H groups in total. The minimum absolute atomic E-state index is 0.101. The van der Waals surface area contributed by atoms with Crippen molar-refractivity contribution in [1.29, 1.82) is 0 Å². The van der Waals surface area contributed by atoms with Crippen LogP contribution in [0.2, 0.25) is 0 Å². The van der Waals surface area contributed by atoms with Gasteiger partial charge in [0.05, 0.1) is 10.6 Å². The molecule has 0 aliphatic heterocycles. The highest BCUT2D eigenvalue weighted by atomic mass is 32.1. The van der Waals surface area contributed by atoms with E-state index in [4.69, 9.17) is 5.73 Å². The third-order valence-corrected chi connectivity index (χ3v) is 2.90. The molecule has 0 atom stereocenters. The predicted molar refractivity (Wildman–Crippen MR) is 63.4 cm³/mol. The zero-order chi connectivity index (χ0) is 11.7. The van der Waals surface area contributed by atoms with Crippen LogP contribution in [0.5, 0.6) is 0 Å². The lowest BCUT2D eigenvalue weighted by Crippen LogP contribution is -1.92. The van der Waals surface area contributed by atoms with Crippen LogP contribution in [0, 0.1) is 17.0 Å². The maximum Gasteiger partial charge on any atom is 0.272 e. The lowest BCUT2D eigenvalue weighted by Gasteiger charge is -1.99. The van der Waals surface area contributed by atoms with Crippen LogP contribution < -0.4 is 5.73 Å². The van der Waals surface area contributed by atoms with Gasteiger partial charge in [-0.3, -0.25) is 10.1 Å². The number of benzene rings is 1. The zero-order valence-electron chi connectivity index (χ0n) is 8.51. The molecule has 0 aliphatic carbocycles. The molecule has 0 radical (unpaired) electrons. The van der Waals surface area contributed by atoms with E-state index in [-0.39, 0.29) is 5.69 Å². The summed E-state index contributed by atoms with van der Waals surface area (Å²) in [6.45, 7) is 1.71. The van der Waals surface area contributed by atoms with Gasteiger partial charge in [-0.05, 0) is 6.92 Å². The Morgan fingerprint density at radius 3 is 2.81 bits per heavy atom. The third kappa shape index (κ3) is 1.87. The fourth-order valence-corrected chi connectivity index (χ4v) is 1.96. The Kier molecular flexibility index (Phi) is 2.57. The number of anilines is 1. The molecule has 1 aromatic heterocycles. The van der Waals surface area contributed by atoms with Gasteiger partial charge in [0, 0.05) is 22.6 Å². The Bertz CT molecular complexity index is 551. The summed E-state index contributed by atoms with van der Waals surface area (Å²) in [7, 11) is 0. The normalized spacial score (nSPS) is 10.3. The van der Waals surface area contributed by atoms with E-state index in [1.165, 1.54) is 17.4 Å². The standard InChI is InChI=1S/C10H9N3O2S/c1-6-2-3-7(4-9(6)13(14)15)8-5-16-10(11)12-8/h2-5H,1H3,(H2,11,12). The first kappa shape index (κ1) is 10.6. The first-order chi connectivity index (χ1) is 7.58. The predicted octanol–water partition coefficient (Wildman–Crippen LogP) is 2.61. The van der Waals surface area contributed by atoms with Crippen molar-refractivity contribution >= 4 is 22.2 Å². The summed E-state index contributed by atoms with van der Waals surface area (Å²) in [5.74, 6) is 0. The number of nitrogens with two attached hydrogens (primary N) is 1. The van der Waals surface area contributed by atoms with Crippen molar-refractivity contribution in [3.63, 3.8) is 0 Å². The van der Waals surface area contributed by atoms with E-state index in [1.54, 1.807) is 24.4 Å². The zero-order valence-corrected chi connectivity index (χ0v) is 9.32. The van der Waals surface area contributed by atoms with Crippen molar-refractivity contribution in [2.24, 2.45) is 0 Å². The molecular weight excluding hydrogens is 226 g/mol. The van der Waals surface area contributed by atoms with Crippen LogP contribution >= 0.6 is 11.3 Å². The highest BCUT2D eigenvalue weighted by Crippen LogP contribution is 2.28. The summed E-state index contributed by atoms with van der Waals surface area (Å²) in [5.41, 5.74) is 7.64. The van der Waals surface area contributed by atoms with Gasteiger partial charge in [-0.15, -0.1) is 11.3 Å². The summed E-state index contributed by atoms with van der Waals surface area (Å²) in [6, 6.07) is 5.03. The van der Waals surface area contributed by atoms with Gasteiger partial charge >= 0.3 is 0 Å². The quantitative estimate of drug-likeness (QED) is 0.640. The number of hydrogen-bond acceptors (Lipinski definition) is 5. The van der Waals surface area contributed by atoms with Crippen LogP contribution in [0.25, 0.3) is 11.3 Å². The molecule has 0 saturated heterocycles. The highest BCUT2D eigenvalue weighted by Gasteiger charge is 2.12. The van der Waals surface area contributed by atoms with Crippen LogP contribution in [0.1, 0.15) is 5.56 Å². The lowest BCUT2D eigenvalue weighted by atomic mass is 10.1. The third-order valence-electron chi connectivity index (χ3n) is 2.22. The molecule has 0 saturated carbocycles. The van der Waals surface area contributed by atoms with E-state index >= 15 is 0 Å². The second kappa shape index (κ2) is 3.90. The van der Waals surface area contributed by atoms with E-state index in [0.717, 1.165) is 0 Å². The van der Waals surface area contributed by atoms with Crippen LogP contribution in [-0.2, 0) is 0 Å². The topological polar surface area (TPSA) is 82.0 Å². The number of hydrogen-bond donors (Lipinski definition) is 1. The van der Waals surface area contributed by atoms with Crippen LogP contribution in [0.3, 0.4) is 0 Å². The Hall–Kier alpha value is -1.95. The molecule has 16 heavy (non-hydrogen) atoms. The minimum atomic E-state index is -0.394. The molecule has 0 aliphatic rings. The lowest BCUT2D eigenvalue weighted by molar-refractivity contribution is -0.385. The van der Waals surface area contributed by atoms with Crippen molar-refractivity contribution < 1.29 is 4.92 Å². The molecule has 6 heteroatoms. The molecule has 0 unspecified atom stereocenters. The van der Waals surface area contributed by atoms with E-state index in [2.05, 4.69) is 4.98 Å². The van der Waals surface area contributed by atoms with Crippen molar-refractivity contribution in [3.05, 3.63) is 39.3 Å². The maximum absolute atomic E-state index is 10.8. The molecular formula is C10H9N3O2S. The van der Waals surface area contributed by atoms with Gasteiger partial charge in [-0.1, -0.05) is 12.1 Å². The first-order valence-corrected chi connectivity index (χ1v) is 5.42. The minimum Gasteiger partial charge on any atom is -0.375 e. The van der Waals surface area contributed by atoms with Gasteiger partial charge < -0.3 is 5.73 Å². The second-order valence-corrected chi connectivity index (χ2v) is 4.22. The Labute approximate surface area is 95.7 Å².